The lowest BCUT2D eigenvalue weighted by molar-refractivity contribution is -0.144. The van der Waals surface area contributed by atoms with Gasteiger partial charge in [-0.1, -0.05) is 13.0 Å². The fourth-order valence-corrected chi connectivity index (χ4v) is 2.49. The van der Waals surface area contributed by atoms with Crippen LogP contribution in [-0.4, -0.2) is 52.4 Å². The van der Waals surface area contributed by atoms with Gasteiger partial charge < -0.3 is 24.8 Å². The number of hydrogen-bond donors (Lipinski definition) is 2. The van der Waals surface area contributed by atoms with Crippen LogP contribution in [0.1, 0.15) is 32.8 Å². The number of esters is 1. The summed E-state index contributed by atoms with van der Waals surface area (Å²) in [5.74, 6) is 1.72. The summed E-state index contributed by atoms with van der Waals surface area (Å²) in [5.41, 5.74) is 1.20. The molecule has 1 rings (SSSR count). The summed E-state index contributed by atoms with van der Waals surface area (Å²) in [6, 6.07) is 6.02. The summed E-state index contributed by atoms with van der Waals surface area (Å²) in [4.78, 5) is 15.9. The predicted molar refractivity (Wildman–Crippen MR) is 108 cm³/mol. The molecule has 7 nitrogen and oxygen atoms in total. The zero-order valence-corrected chi connectivity index (χ0v) is 17.1. The van der Waals surface area contributed by atoms with Gasteiger partial charge in [0.15, 0.2) is 17.5 Å². The van der Waals surface area contributed by atoms with Crippen molar-refractivity contribution in [1.29, 1.82) is 0 Å². The minimum atomic E-state index is -0.262. The van der Waals surface area contributed by atoms with Gasteiger partial charge in [0.2, 0.25) is 0 Å². The highest BCUT2D eigenvalue weighted by Crippen LogP contribution is 2.28. The molecule has 0 amide bonds. The van der Waals surface area contributed by atoms with Gasteiger partial charge in [0.25, 0.3) is 0 Å². The van der Waals surface area contributed by atoms with E-state index >= 15 is 0 Å². The van der Waals surface area contributed by atoms with Gasteiger partial charge in [-0.2, -0.15) is 0 Å². The van der Waals surface area contributed by atoms with Crippen LogP contribution in [0.3, 0.4) is 0 Å². The Bertz CT molecular complexity index is 605. The van der Waals surface area contributed by atoms with Gasteiger partial charge in [0.05, 0.1) is 33.3 Å². The summed E-state index contributed by atoms with van der Waals surface area (Å²) >= 11 is 0. The molecule has 1 atom stereocenters. The summed E-state index contributed by atoms with van der Waals surface area (Å²) in [7, 11) is 3.03. The number of ether oxygens (including phenoxy) is 3. The molecule has 0 fully saturated rings. The van der Waals surface area contributed by atoms with Crippen LogP contribution in [-0.2, 0) is 16.0 Å². The van der Waals surface area contributed by atoms with E-state index in [0.29, 0.717) is 19.1 Å². The monoisotopic (exact) mass is 379 g/mol. The second-order valence-corrected chi connectivity index (χ2v) is 6.09. The van der Waals surface area contributed by atoms with Crippen molar-refractivity contribution in [3.05, 3.63) is 23.8 Å². The topological polar surface area (TPSA) is 81.2 Å². The molecule has 0 radical (unpaired) electrons. The normalized spacial score (nSPS) is 12.3. The van der Waals surface area contributed by atoms with Crippen LogP contribution in [0.2, 0.25) is 0 Å². The van der Waals surface area contributed by atoms with E-state index in [1.807, 2.05) is 26.0 Å². The zero-order chi connectivity index (χ0) is 20.1. The highest BCUT2D eigenvalue weighted by molar-refractivity contribution is 5.80. The van der Waals surface area contributed by atoms with Crippen molar-refractivity contribution in [3.8, 4) is 11.5 Å². The average molecular weight is 380 g/mol. The largest absolute Gasteiger partial charge is 0.493 e. The maximum Gasteiger partial charge on any atom is 0.310 e. The summed E-state index contributed by atoms with van der Waals surface area (Å²) < 4.78 is 15.7. The van der Waals surface area contributed by atoms with Gasteiger partial charge in [-0.25, -0.2) is 0 Å². The van der Waals surface area contributed by atoms with Crippen LogP contribution >= 0.6 is 0 Å². The standard InChI is InChI=1S/C20H33N3O4/c1-6-21-20(23-14-15(3)19(24)26-5)22-12-8-9-16-10-11-17(25-4)18(13-16)27-7-2/h10-11,13,15H,6-9,12,14H2,1-5H3,(H2,21,22,23). The third kappa shape index (κ3) is 8.19. The number of nitrogens with zero attached hydrogens (tertiary/aromatic N) is 1. The molecule has 0 aliphatic rings. The van der Waals surface area contributed by atoms with Crippen molar-refractivity contribution < 1.29 is 19.0 Å². The number of aryl methyl sites for hydroxylation is 1. The minimum absolute atomic E-state index is 0.251. The van der Waals surface area contributed by atoms with Crippen molar-refractivity contribution in [2.45, 2.75) is 33.6 Å². The molecule has 7 heteroatoms. The molecule has 0 aliphatic heterocycles. The molecule has 0 spiro atoms. The Morgan fingerprint density at radius 2 is 1.96 bits per heavy atom. The van der Waals surface area contributed by atoms with Crippen LogP contribution < -0.4 is 20.1 Å². The molecule has 0 aliphatic carbocycles. The van der Waals surface area contributed by atoms with Crippen molar-refractivity contribution in [3.63, 3.8) is 0 Å². The van der Waals surface area contributed by atoms with Crippen molar-refractivity contribution >= 4 is 11.9 Å². The number of aliphatic imine (C=N–C) groups is 1. The lowest BCUT2D eigenvalue weighted by Crippen LogP contribution is -2.38. The van der Waals surface area contributed by atoms with E-state index in [1.54, 1.807) is 14.0 Å². The first-order valence-electron chi connectivity index (χ1n) is 9.45. The Morgan fingerprint density at radius 1 is 1.19 bits per heavy atom. The van der Waals surface area contributed by atoms with E-state index in [-0.39, 0.29) is 11.9 Å². The van der Waals surface area contributed by atoms with Gasteiger partial charge in [-0.05, 0) is 44.4 Å². The molecule has 0 saturated heterocycles. The van der Waals surface area contributed by atoms with Crippen molar-refractivity contribution in [1.82, 2.24) is 10.6 Å². The van der Waals surface area contributed by atoms with E-state index in [1.165, 1.54) is 12.7 Å². The number of methoxy groups -OCH3 is 2. The first-order valence-corrected chi connectivity index (χ1v) is 9.45. The van der Waals surface area contributed by atoms with Crippen molar-refractivity contribution in [2.24, 2.45) is 10.9 Å². The Hall–Kier alpha value is -2.44. The molecule has 0 heterocycles. The van der Waals surface area contributed by atoms with Gasteiger partial charge in [-0.15, -0.1) is 0 Å². The molecule has 0 bridgehead atoms. The molecule has 152 valence electrons. The van der Waals surface area contributed by atoms with Gasteiger partial charge in [0.1, 0.15) is 0 Å². The maximum absolute atomic E-state index is 11.5. The number of carbonyl (C=O) groups excluding carboxylic acids is 1. The van der Waals surface area contributed by atoms with E-state index in [2.05, 4.69) is 21.7 Å². The lowest BCUT2D eigenvalue weighted by atomic mass is 10.1. The van der Waals surface area contributed by atoms with Gasteiger partial charge in [0, 0.05) is 13.1 Å². The zero-order valence-electron chi connectivity index (χ0n) is 17.1. The molecule has 1 aromatic carbocycles. The molecule has 2 N–H and O–H groups in total. The number of benzene rings is 1. The van der Waals surface area contributed by atoms with Crippen molar-refractivity contribution in [2.75, 3.05) is 40.5 Å². The number of carbonyl (C=O) groups is 1. The van der Waals surface area contributed by atoms with E-state index in [4.69, 9.17) is 14.2 Å². The summed E-state index contributed by atoms with van der Waals surface area (Å²) in [6.07, 6.45) is 1.85. The predicted octanol–water partition coefficient (Wildman–Crippen LogP) is 2.39. The average Bonchev–Trinajstić information content (AvgIpc) is 2.68. The number of guanidine groups is 1. The quantitative estimate of drug-likeness (QED) is 0.266. The Balaban J connectivity index is 2.51. The fourth-order valence-electron chi connectivity index (χ4n) is 2.49. The molecule has 1 unspecified atom stereocenters. The second kappa shape index (κ2) is 12.8. The smallest absolute Gasteiger partial charge is 0.310 e. The second-order valence-electron chi connectivity index (χ2n) is 6.09. The Kier molecular flexibility index (Phi) is 10.7. The first kappa shape index (κ1) is 22.6. The molecule has 0 saturated carbocycles. The highest BCUT2D eigenvalue weighted by atomic mass is 16.5. The fraction of sp³-hybridized carbons (Fsp3) is 0.600. The maximum atomic E-state index is 11.5. The van der Waals surface area contributed by atoms with Gasteiger partial charge >= 0.3 is 5.97 Å². The SMILES string of the molecule is CCNC(=NCC(C)C(=O)OC)NCCCc1ccc(OC)c(OCC)c1. The van der Waals surface area contributed by atoms with Crippen LogP contribution in [0, 0.1) is 5.92 Å². The Labute approximate surface area is 162 Å². The Morgan fingerprint density at radius 3 is 2.59 bits per heavy atom. The third-order valence-electron chi connectivity index (χ3n) is 3.93. The van der Waals surface area contributed by atoms with E-state index in [0.717, 1.165) is 37.4 Å². The number of hydrogen-bond acceptors (Lipinski definition) is 5. The van der Waals surface area contributed by atoms with Crippen LogP contribution in [0.25, 0.3) is 0 Å². The number of rotatable bonds is 11. The third-order valence-corrected chi connectivity index (χ3v) is 3.93. The molecule has 27 heavy (non-hydrogen) atoms. The molecule has 1 aromatic rings. The van der Waals surface area contributed by atoms with E-state index in [9.17, 15) is 4.79 Å². The summed E-state index contributed by atoms with van der Waals surface area (Å²) in [6.45, 7) is 8.29. The van der Waals surface area contributed by atoms with Crippen LogP contribution in [0.5, 0.6) is 11.5 Å². The first-order chi connectivity index (χ1) is 13.0. The van der Waals surface area contributed by atoms with Gasteiger partial charge in [-0.3, -0.25) is 9.79 Å². The minimum Gasteiger partial charge on any atom is -0.493 e. The highest BCUT2D eigenvalue weighted by Gasteiger charge is 2.12. The summed E-state index contributed by atoms with van der Waals surface area (Å²) in [5, 5.41) is 6.48. The van der Waals surface area contributed by atoms with Crippen LogP contribution in [0.4, 0.5) is 0 Å². The molecular weight excluding hydrogens is 346 g/mol. The van der Waals surface area contributed by atoms with Crippen LogP contribution in [0.15, 0.2) is 23.2 Å². The van der Waals surface area contributed by atoms with E-state index < -0.39 is 0 Å². The molecule has 0 aromatic heterocycles. The number of nitrogens with one attached hydrogen (secondary N) is 2. The lowest BCUT2D eigenvalue weighted by Gasteiger charge is -2.13. The molecular formula is C20H33N3O4.